The van der Waals surface area contributed by atoms with Gasteiger partial charge >= 0.3 is 0 Å². The number of hydroxylamine groups is 1. The lowest BCUT2D eigenvalue weighted by Crippen LogP contribution is -2.31. The van der Waals surface area contributed by atoms with Crippen LogP contribution in [0, 0.1) is 5.41 Å². The second kappa shape index (κ2) is 10.6. The van der Waals surface area contributed by atoms with Crippen molar-refractivity contribution in [2.75, 3.05) is 13.6 Å². The summed E-state index contributed by atoms with van der Waals surface area (Å²) in [6, 6.07) is 14.8. The fraction of sp³-hybridized carbons (Fsp3) is 0.385. The maximum absolute atomic E-state index is 11.3. The molecule has 170 valence electrons. The summed E-state index contributed by atoms with van der Waals surface area (Å²) in [6.07, 6.45) is 5.80. The van der Waals surface area contributed by atoms with Crippen molar-refractivity contribution in [3.05, 3.63) is 71.1 Å². The van der Waals surface area contributed by atoms with Gasteiger partial charge in [-0.3, -0.25) is 10.0 Å². The number of benzene rings is 2. The molecule has 0 saturated carbocycles. The lowest BCUT2D eigenvalue weighted by Gasteiger charge is -2.26. The number of nitrogens with zero attached hydrogens (tertiary/aromatic N) is 2. The molecule has 1 heterocycles. The number of nitrogens with one attached hydrogen (secondary N) is 2. The first-order chi connectivity index (χ1) is 15.3. The SMILES string of the molecule is CCc1cccc(CCc2nc3cc(/C=C/C(=O)NO)ccc3n2CC(C)(C)CNC)c1. The Morgan fingerprint density at radius 2 is 1.94 bits per heavy atom. The van der Waals surface area contributed by atoms with Crippen molar-refractivity contribution in [3.63, 3.8) is 0 Å². The highest BCUT2D eigenvalue weighted by Crippen LogP contribution is 2.25. The van der Waals surface area contributed by atoms with Gasteiger partial charge in [-0.05, 0) is 60.2 Å². The van der Waals surface area contributed by atoms with Gasteiger partial charge in [0.05, 0.1) is 11.0 Å². The number of aryl methyl sites for hydroxylation is 3. The summed E-state index contributed by atoms with van der Waals surface area (Å²) in [6.45, 7) is 8.46. The van der Waals surface area contributed by atoms with Gasteiger partial charge in [0.1, 0.15) is 5.82 Å². The zero-order chi connectivity index (χ0) is 23.1. The molecule has 0 spiro atoms. The first-order valence-electron chi connectivity index (χ1n) is 11.2. The van der Waals surface area contributed by atoms with E-state index >= 15 is 0 Å². The van der Waals surface area contributed by atoms with Crippen molar-refractivity contribution in [1.29, 1.82) is 0 Å². The van der Waals surface area contributed by atoms with Gasteiger partial charge in [-0.15, -0.1) is 0 Å². The molecule has 0 radical (unpaired) electrons. The summed E-state index contributed by atoms with van der Waals surface area (Å²) in [5, 5.41) is 12.0. The summed E-state index contributed by atoms with van der Waals surface area (Å²) in [4.78, 5) is 16.3. The Hall–Kier alpha value is -2.96. The lowest BCUT2D eigenvalue weighted by molar-refractivity contribution is -0.124. The maximum atomic E-state index is 11.3. The minimum atomic E-state index is -0.556. The zero-order valence-corrected chi connectivity index (χ0v) is 19.5. The maximum Gasteiger partial charge on any atom is 0.267 e. The zero-order valence-electron chi connectivity index (χ0n) is 19.5. The van der Waals surface area contributed by atoms with Crippen LogP contribution in [-0.4, -0.2) is 34.3 Å². The van der Waals surface area contributed by atoms with Crippen LogP contribution in [0.2, 0.25) is 0 Å². The Balaban J connectivity index is 1.94. The molecule has 3 aromatic rings. The van der Waals surface area contributed by atoms with Gasteiger partial charge in [-0.25, -0.2) is 10.5 Å². The summed E-state index contributed by atoms with van der Waals surface area (Å²) in [5.41, 5.74) is 7.23. The van der Waals surface area contributed by atoms with Crippen molar-refractivity contribution >= 4 is 23.0 Å². The topological polar surface area (TPSA) is 79.2 Å². The number of aromatic nitrogens is 2. The Kier molecular flexibility index (Phi) is 7.83. The molecule has 1 amide bonds. The molecule has 1 aromatic heterocycles. The van der Waals surface area contributed by atoms with E-state index < -0.39 is 5.91 Å². The molecule has 0 fully saturated rings. The molecule has 0 aliphatic rings. The molecule has 0 atom stereocenters. The third-order valence-corrected chi connectivity index (χ3v) is 5.67. The second-order valence-corrected chi connectivity index (χ2v) is 9.04. The minimum absolute atomic E-state index is 0.0665. The first kappa shape index (κ1) is 23.7. The molecule has 0 unspecified atom stereocenters. The summed E-state index contributed by atoms with van der Waals surface area (Å²) in [5.74, 6) is 0.514. The number of rotatable bonds is 10. The monoisotopic (exact) mass is 434 g/mol. The number of hydrogen-bond donors (Lipinski definition) is 3. The van der Waals surface area contributed by atoms with Gasteiger partial charge in [0.15, 0.2) is 0 Å². The fourth-order valence-corrected chi connectivity index (χ4v) is 4.10. The summed E-state index contributed by atoms with van der Waals surface area (Å²) >= 11 is 0. The number of hydrogen-bond acceptors (Lipinski definition) is 4. The van der Waals surface area contributed by atoms with Crippen molar-refractivity contribution in [2.24, 2.45) is 5.41 Å². The van der Waals surface area contributed by atoms with E-state index in [1.165, 1.54) is 17.2 Å². The molecule has 0 aliphatic heterocycles. The van der Waals surface area contributed by atoms with Crippen molar-refractivity contribution in [2.45, 2.75) is 46.6 Å². The normalized spacial score (nSPS) is 12.0. The van der Waals surface area contributed by atoms with Crippen LogP contribution in [0.4, 0.5) is 0 Å². The minimum Gasteiger partial charge on any atom is -0.327 e. The van der Waals surface area contributed by atoms with Gasteiger partial charge < -0.3 is 9.88 Å². The average molecular weight is 435 g/mol. The van der Waals surface area contributed by atoms with Gasteiger partial charge in [0.25, 0.3) is 5.91 Å². The fourth-order valence-electron chi connectivity index (χ4n) is 4.10. The van der Waals surface area contributed by atoms with Crippen LogP contribution < -0.4 is 10.8 Å². The van der Waals surface area contributed by atoms with Gasteiger partial charge in [0.2, 0.25) is 0 Å². The van der Waals surface area contributed by atoms with Gasteiger partial charge in [0, 0.05) is 25.6 Å². The Morgan fingerprint density at radius 1 is 1.16 bits per heavy atom. The highest BCUT2D eigenvalue weighted by molar-refractivity contribution is 5.91. The third-order valence-electron chi connectivity index (χ3n) is 5.67. The van der Waals surface area contributed by atoms with Crippen molar-refractivity contribution < 1.29 is 10.0 Å². The number of carbonyl (C=O) groups is 1. The average Bonchev–Trinajstić information content (AvgIpc) is 3.11. The number of carbonyl (C=O) groups excluding carboxylic acids is 1. The van der Waals surface area contributed by atoms with E-state index in [2.05, 4.69) is 61.0 Å². The standard InChI is InChI=1S/C26H34N4O2/c1-5-19-7-6-8-20(15-19)10-13-24-28-22-16-21(11-14-25(31)29-32)9-12-23(22)30(24)18-26(2,3)17-27-4/h6-9,11-12,14-16,27,32H,5,10,13,17-18H2,1-4H3,(H,29,31)/b14-11+. The van der Waals surface area contributed by atoms with Gasteiger partial charge in [-0.1, -0.05) is 51.1 Å². The molecular formula is C26H34N4O2. The molecule has 2 aromatic carbocycles. The van der Waals surface area contributed by atoms with Crippen molar-refractivity contribution in [1.82, 2.24) is 20.3 Å². The molecule has 6 nitrogen and oxygen atoms in total. The molecule has 0 saturated heterocycles. The predicted octanol–water partition coefficient (Wildman–Crippen LogP) is 4.15. The lowest BCUT2D eigenvalue weighted by atomic mass is 9.93. The molecule has 3 rings (SSSR count). The molecule has 32 heavy (non-hydrogen) atoms. The van der Waals surface area contributed by atoms with Crippen LogP contribution >= 0.6 is 0 Å². The molecule has 0 bridgehead atoms. The van der Waals surface area contributed by atoms with E-state index in [1.807, 2.05) is 19.2 Å². The van der Waals surface area contributed by atoms with Crippen LogP contribution in [0.15, 0.2) is 48.5 Å². The highest BCUT2D eigenvalue weighted by Gasteiger charge is 2.21. The summed E-state index contributed by atoms with van der Waals surface area (Å²) in [7, 11) is 1.98. The predicted molar refractivity (Wildman–Crippen MR) is 130 cm³/mol. The number of fused-ring (bicyclic) bond motifs is 1. The van der Waals surface area contributed by atoms with Crippen LogP contribution in [-0.2, 0) is 30.6 Å². The Labute approximate surface area is 190 Å². The smallest absolute Gasteiger partial charge is 0.267 e. The van der Waals surface area contributed by atoms with Crippen LogP contribution in [0.3, 0.4) is 0 Å². The van der Waals surface area contributed by atoms with Crippen molar-refractivity contribution in [3.8, 4) is 0 Å². The highest BCUT2D eigenvalue weighted by atomic mass is 16.5. The first-order valence-corrected chi connectivity index (χ1v) is 11.2. The van der Waals surface area contributed by atoms with E-state index in [9.17, 15) is 4.79 Å². The van der Waals surface area contributed by atoms with Crippen LogP contribution in [0.5, 0.6) is 0 Å². The molecule has 0 aliphatic carbocycles. The Morgan fingerprint density at radius 3 is 2.66 bits per heavy atom. The Bertz CT molecular complexity index is 1100. The van der Waals surface area contributed by atoms with E-state index in [4.69, 9.17) is 10.2 Å². The largest absolute Gasteiger partial charge is 0.327 e. The quantitative estimate of drug-likeness (QED) is 0.254. The van der Waals surface area contributed by atoms with E-state index in [0.717, 1.165) is 54.8 Å². The van der Waals surface area contributed by atoms with E-state index in [0.29, 0.717) is 0 Å². The van der Waals surface area contributed by atoms with Crippen LogP contribution in [0.25, 0.3) is 17.1 Å². The molecule has 3 N–H and O–H groups in total. The van der Waals surface area contributed by atoms with E-state index in [1.54, 1.807) is 11.6 Å². The van der Waals surface area contributed by atoms with E-state index in [-0.39, 0.29) is 5.41 Å². The summed E-state index contributed by atoms with van der Waals surface area (Å²) < 4.78 is 2.34. The third kappa shape index (κ3) is 6.05. The number of imidazole rings is 1. The molecule has 6 heteroatoms. The number of amides is 1. The van der Waals surface area contributed by atoms with Crippen LogP contribution in [0.1, 0.15) is 43.3 Å². The second-order valence-electron chi connectivity index (χ2n) is 9.04. The molecular weight excluding hydrogens is 400 g/mol. The van der Waals surface area contributed by atoms with Gasteiger partial charge in [-0.2, -0.15) is 0 Å².